The highest BCUT2D eigenvalue weighted by Gasteiger charge is 2.21. The van der Waals surface area contributed by atoms with Gasteiger partial charge in [0.25, 0.3) is 0 Å². The average Bonchev–Trinajstić information content (AvgIpc) is 3.29. The predicted molar refractivity (Wildman–Crippen MR) is 108 cm³/mol. The largest absolute Gasteiger partial charge is 0.389 e. The maximum Gasteiger partial charge on any atom is 0.191 e. The van der Waals surface area contributed by atoms with Gasteiger partial charge in [0.2, 0.25) is 0 Å². The number of nitrogens with zero attached hydrogens (tertiary/aromatic N) is 4. The van der Waals surface area contributed by atoms with Crippen LogP contribution in [0.1, 0.15) is 32.5 Å². The first-order valence-electron chi connectivity index (χ1n) is 8.87. The third kappa shape index (κ3) is 8.82. The van der Waals surface area contributed by atoms with Crippen molar-refractivity contribution >= 4 is 29.9 Å². The lowest BCUT2D eigenvalue weighted by Gasteiger charge is -2.14. The Bertz CT molecular complexity index is 507. The van der Waals surface area contributed by atoms with Gasteiger partial charge in [0.1, 0.15) is 12.2 Å². The minimum absolute atomic E-state index is 0. The lowest BCUT2D eigenvalue weighted by atomic mass is 10.4. The van der Waals surface area contributed by atoms with Crippen LogP contribution in [0.5, 0.6) is 0 Å². The Hall–Kier alpha value is -0.940. The molecule has 0 aliphatic heterocycles. The number of guanidine groups is 1. The number of hydrogen-bond donors (Lipinski definition) is 3. The van der Waals surface area contributed by atoms with Crippen LogP contribution < -0.4 is 10.6 Å². The van der Waals surface area contributed by atoms with Crippen LogP contribution in [-0.4, -0.2) is 64.8 Å². The second-order valence-electron chi connectivity index (χ2n) is 6.08. The second kappa shape index (κ2) is 12.4. The highest BCUT2D eigenvalue weighted by molar-refractivity contribution is 14.0. The molecular weight excluding hydrogens is 435 g/mol. The Morgan fingerprint density at radius 1 is 1.44 bits per heavy atom. The maximum atomic E-state index is 9.94. The summed E-state index contributed by atoms with van der Waals surface area (Å²) in [5.41, 5.74) is 0. The van der Waals surface area contributed by atoms with Crippen LogP contribution in [0.25, 0.3) is 0 Å². The van der Waals surface area contributed by atoms with E-state index in [4.69, 9.17) is 4.74 Å². The topological polar surface area (TPSA) is 96.6 Å². The van der Waals surface area contributed by atoms with Crippen LogP contribution in [0.2, 0.25) is 0 Å². The molecule has 1 heterocycles. The van der Waals surface area contributed by atoms with Gasteiger partial charge in [-0.2, -0.15) is 0 Å². The van der Waals surface area contributed by atoms with Crippen LogP contribution in [0.3, 0.4) is 0 Å². The Kier molecular flexibility index (Phi) is 11.0. The Morgan fingerprint density at radius 3 is 2.92 bits per heavy atom. The van der Waals surface area contributed by atoms with Gasteiger partial charge in [-0.05, 0) is 25.7 Å². The first-order valence-corrected chi connectivity index (χ1v) is 8.87. The standard InChI is InChI=1S/C16H30N6O2.HI/c1-3-15-21-20-12-22(15)8-7-18-16(17-4-2)19-9-14(23)11-24-10-13-5-6-13;/h12-14,23H,3-11H2,1-2H3,(H2,17,18,19);1H. The molecule has 25 heavy (non-hydrogen) atoms. The number of aryl methyl sites for hydroxylation is 1. The van der Waals surface area contributed by atoms with Crippen LogP contribution in [0.4, 0.5) is 0 Å². The summed E-state index contributed by atoms with van der Waals surface area (Å²) in [6.07, 6.45) is 4.56. The van der Waals surface area contributed by atoms with Gasteiger partial charge in [-0.15, -0.1) is 34.2 Å². The van der Waals surface area contributed by atoms with E-state index in [9.17, 15) is 5.11 Å². The number of nitrogens with one attached hydrogen (secondary N) is 2. The maximum absolute atomic E-state index is 9.94. The zero-order valence-electron chi connectivity index (χ0n) is 15.1. The molecule has 0 aromatic carbocycles. The molecule has 8 nitrogen and oxygen atoms in total. The fraction of sp³-hybridized carbons (Fsp3) is 0.812. The van der Waals surface area contributed by atoms with E-state index in [2.05, 4.69) is 32.7 Å². The quantitative estimate of drug-likeness (QED) is 0.254. The van der Waals surface area contributed by atoms with Crippen molar-refractivity contribution in [2.75, 3.05) is 32.8 Å². The lowest BCUT2D eigenvalue weighted by Crippen LogP contribution is -2.39. The number of halogens is 1. The van der Waals surface area contributed by atoms with Crippen LogP contribution >= 0.6 is 24.0 Å². The normalized spacial score (nSPS) is 15.6. The lowest BCUT2D eigenvalue weighted by molar-refractivity contribution is 0.0368. The Morgan fingerprint density at radius 2 is 2.24 bits per heavy atom. The van der Waals surface area contributed by atoms with E-state index in [0.717, 1.165) is 31.9 Å². The van der Waals surface area contributed by atoms with Crippen LogP contribution in [0.15, 0.2) is 11.3 Å². The molecule has 2 rings (SSSR count). The molecule has 1 atom stereocenters. The van der Waals surface area contributed by atoms with Gasteiger partial charge in [0, 0.05) is 32.7 Å². The van der Waals surface area contributed by atoms with Crippen LogP contribution in [-0.2, 0) is 17.7 Å². The molecule has 0 saturated heterocycles. The number of aromatic nitrogens is 3. The van der Waals surface area contributed by atoms with E-state index < -0.39 is 6.10 Å². The minimum Gasteiger partial charge on any atom is -0.389 e. The van der Waals surface area contributed by atoms with Crippen molar-refractivity contribution in [1.29, 1.82) is 0 Å². The number of hydrogen-bond acceptors (Lipinski definition) is 5. The first-order chi connectivity index (χ1) is 11.7. The minimum atomic E-state index is -0.566. The number of aliphatic hydroxyl groups excluding tert-OH is 1. The van der Waals surface area contributed by atoms with Crippen molar-refractivity contribution in [3.8, 4) is 0 Å². The van der Waals surface area contributed by atoms with E-state index in [1.54, 1.807) is 6.33 Å². The molecule has 0 amide bonds. The predicted octanol–water partition coefficient (Wildman–Crippen LogP) is 0.801. The number of aliphatic hydroxyl groups is 1. The molecule has 1 saturated carbocycles. The Labute approximate surface area is 166 Å². The third-order valence-corrected chi connectivity index (χ3v) is 3.82. The zero-order valence-corrected chi connectivity index (χ0v) is 17.5. The molecule has 0 radical (unpaired) electrons. The molecule has 0 spiro atoms. The smallest absolute Gasteiger partial charge is 0.191 e. The number of ether oxygens (including phenoxy) is 1. The monoisotopic (exact) mass is 466 g/mol. The van der Waals surface area contributed by atoms with E-state index in [1.807, 2.05) is 11.5 Å². The molecule has 1 aromatic heterocycles. The molecule has 1 aromatic rings. The highest BCUT2D eigenvalue weighted by atomic mass is 127. The summed E-state index contributed by atoms with van der Waals surface area (Å²) >= 11 is 0. The van der Waals surface area contributed by atoms with E-state index in [0.29, 0.717) is 31.6 Å². The van der Waals surface area contributed by atoms with Crippen molar-refractivity contribution in [2.24, 2.45) is 10.9 Å². The first kappa shape index (κ1) is 22.1. The summed E-state index contributed by atoms with van der Waals surface area (Å²) in [5, 5.41) is 24.4. The zero-order chi connectivity index (χ0) is 17.2. The van der Waals surface area contributed by atoms with Crippen molar-refractivity contribution < 1.29 is 9.84 Å². The summed E-state index contributed by atoms with van der Waals surface area (Å²) < 4.78 is 7.51. The van der Waals surface area contributed by atoms with Gasteiger partial charge in [-0.25, -0.2) is 0 Å². The molecule has 0 bridgehead atoms. The van der Waals surface area contributed by atoms with Gasteiger partial charge in [-0.3, -0.25) is 4.99 Å². The van der Waals surface area contributed by atoms with Gasteiger partial charge in [0.05, 0.1) is 19.3 Å². The third-order valence-electron chi connectivity index (χ3n) is 3.82. The molecule has 1 aliphatic rings. The van der Waals surface area contributed by atoms with Crippen molar-refractivity contribution in [2.45, 2.75) is 45.8 Å². The summed E-state index contributed by atoms with van der Waals surface area (Å²) in [5.74, 6) is 2.39. The average molecular weight is 466 g/mol. The summed E-state index contributed by atoms with van der Waals surface area (Å²) in [6, 6.07) is 0. The summed E-state index contributed by atoms with van der Waals surface area (Å²) in [6.45, 7) is 7.77. The van der Waals surface area contributed by atoms with E-state index in [1.165, 1.54) is 12.8 Å². The fourth-order valence-electron chi connectivity index (χ4n) is 2.28. The molecule has 1 unspecified atom stereocenters. The summed E-state index contributed by atoms with van der Waals surface area (Å²) in [4.78, 5) is 4.41. The van der Waals surface area contributed by atoms with Crippen LogP contribution in [0, 0.1) is 5.92 Å². The van der Waals surface area contributed by atoms with Crippen molar-refractivity contribution in [3.63, 3.8) is 0 Å². The van der Waals surface area contributed by atoms with Crippen molar-refractivity contribution in [3.05, 3.63) is 12.2 Å². The van der Waals surface area contributed by atoms with Gasteiger partial charge < -0.3 is 25.0 Å². The second-order valence-corrected chi connectivity index (χ2v) is 6.08. The molecule has 1 fully saturated rings. The number of aliphatic imine (C=N–C) groups is 1. The van der Waals surface area contributed by atoms with Gasteiger partial charge in [0.15, 0.2) is 5.96 Å². The van der Waals surface area contributed by atoms with Gasteiger partial charge >= 0.3 is 0 Å². The SMILES string of the molecule is CCNC(=NCC(O)COCC1CC1)NCCn1cnnc1CC.I. The number of rotatable bonds is 11. The summed E-state index contributed by atoms with van der Waals surface area (Å²) in [7, 11) is 0. The molecule has 1 aliphatic carbocycles. The molecular formula is C16H31IN6O2. The van der Waals surface area contributed by atoms with E-state index in [-0.39, 0.29) is 24.0 Å². The fourth-order valence-corrected chi connectivity index (χ4v) is 2.28. The Balaban J connectivity index is 0.00000312. The highest BCUT2D eigenvalue weighted by Crippen LogP contribution is 2.28. The van der Waals surface area contributed by atoms with Gasteiger partial charge in [-0.1, -0.05) is 6.92 Å². The molecule has 3 N–H and O–H groups in total. The molecule has 9 heteroatoms. The molecule has 144 valence electrons. The van der Waals surface area contributed by atoms with E-state index >= 15 is 0 Å². The van der Waals surface area contributed by atoms with Crippen molar-refractivity contribution in [1.82, 2.24) is 25.4 Å².